The Balaban J connectivity index is 0.000000229. The number of nitrogens with one attached hydrogen (secondary N) is 1. The summed E-state index contributed by atoms with van der Waals surface area (Å²) in [6.45, 7) is 7.28. The van der Waals surface area contributed by atoms with Crippen molar-refractivity contribution in [2.24, 2.45) is 10.7 Å². The molecule has 0 saturated carbocycles. The molecule has 1 aromatic carbocycles. The van der Waals surface area contributed by atoms with Gasteiger partial charge in [-0.2, -0.15) is 13.2 Å². The van der Waals surface area contributed by atoms with Crippen molar-refractivity contribution in [1.29, 1.82) is 0 Å². The Hall–Kier alpha value is -2.36. The second kappa shape index (κ2) is 13.2. The number of allylic oxidation sites excluding steroid dienone is 2. The van der Waals surface area contributed by atoms with Gasteiger partial charge in [-0.3, -0.25) is 0 Å². The van der Waals surface area contributed by atoms with Crippen LogP contribution < -0.4 is 11.1 Å². The van der Waals surface area contributed by atoms with E-state index in [2.05, 4.69) is 17.2 Å². The first-order valence-corrected chi connectivity index (χ1v) is 10.7. The van der Waals surface area contributed by atoms with E-state index in [1.807, 2.05) is 12.2 Å². The van der Waals surface area contributed by atoms with Crippen LogP contribution in [0.1, 0.15) is 37.8 Å². The van der Waals surface area contributed by atoms with E-state index in [1.54, 1.807) is 13.1 Å². The minimum atomic E-state index is -4.27. The van der Waals surface area contributed by atoms with Crippen LogP contribution in [0.3, 0.4) is 0 Å². The predicted molar refractivity (Wildman–Crippen MR) is 118 cm³/mol. The zero-order chi connectivity index (χ0) is 23.4. The molecule has 1 unspecified atom stereocenters. The number of alkyl halides is 3. The van der Waals surface area contributed by atoms with Gasteiger partial charge < -0.3 is 25.3 Å². The average molecular weight is 456 g/mol. The van der Waals surface area contributed by atoms with Crippen LogP contribution in [-0.2, 0) is 27.0 Å². The van der Waals surface area contributed by atoms with E-state index in [-0.39, 0.29) is 12.2 Å². The molecule has 3 N–H and O–H groups in total. The average Bonchev–Trinajstić information content (AvgIpc) is 3.23. The van der Waals surface area contributed by atoms with Crippen LogP contribution in [0.15, 0.2) is 53.4 Å². The number of nitrogens with two attached hydrogens (primary N) is 1. The van der Waals surface area contributed by atoms with E-state index in [0.29, 0.717) is 25.7 Å². The largest absolute Gasteiger partial charge is 0.486 e. The van der Waals surface area contributed by atoms with E-state index in [9.17, 15) is 13.2 Å². The fourth-order valence-electron chi connectivity index (χ4n) is 2.83. The van der Waals surface area contributed by atoms with Crippen LogP contribution in [0.4, 0.5) is 13.2 Å². The summed E-state index contributed by atoms with van der Waals surface area (Å²) in [6.07, 6.45) is 3.46. The number of benzene rings is 1. The molecule has 32 heavy (non-hydrogen) atoms. The zero-order valence-electron chi connectivity index (χ0n) is 18.5. The monoisotopic (exact) mass is 455 g/mol. The van der Waals surface area contributed by atoms with Crippen molar-refractivity contribution in [3.05, 3.63) is 59.5 Å². The summed E-state index contributed by atoms with van der Waals surface area (Å²) in [7, 11) is 0. The van der Waals surface area contributed by atoms with Gasteiger partial charge in [0.25, 0.3) is 0 Å². The topological polar surface area (TPSA) is 78.1 Å². The van der Waals surface area contributed by atoms with E-state index < -0.39 is 11.7 Å². The van der Waals surface area contributed by atoms with Crippen molar-refractivity contribution in [3.63, 3.8) is 0 Å². The number of nitrogens with zero attached hydrogens (tertiary/aromatic N) is 1. The third-order valence-electron chi connectivity index (χ3n) is 4.61. The molecule has 0 aliphatic carbocycles. The molecule has 0 radical (unpaired) electrons. The van der Waals surface area contributed by atoms with Crippen molar-refractivity contribution in [1.82, 2.24) is 5.32 Å². The van der Waals surface area contributed by atoms with Crippen LogP contribution >= 0.6 is 0 Å². The summed E-state index contributed by atoms with van der Waals surface area (Å²) in [4.78, 5) is 3.96. The second-order valence-electron chi connectivity index (χ2n) is 7.50. The molecule has 2 aliphatic rings. The van der Waals surface area contributed by atoms with Crippen molar-refractivity contribution in [2.45, 2.75) is 51.7 Å². The minimum absolute atomic E-state index is 0.178. The van der Waals surface area contributed by atoms with E-state index >= 15 is 0 Å². The summed E-state index contributed by atoms with van der Waals surface area (Å²) >= 11 is 0. The van der Waals surface area contributed by atoms with E-state index in [1.165, 1.54) is 12.1 Å². The van der Waals surface area contributed by atoms with Gasteiger partial charge in [-0.1, -0.05) is 19.1 Å². The molecule has 9 heteroatoms. The van der Waals surface area contributed by atoms with E-state index in [0.717, 1.165) is 49.4 Å². The standard InChI is InChI=1S/C12H14F3NO.C11H18N2O2/c13-12(14,15)10-3-1-9(2-4-10)8-17-11-5-6-16-7-11;1-3-4-10(5-6-13-9(2)12)15-11-7-14-8-11/h1-4,11,16H,5-8H2;4-6,11H,3,7-8H2,1-2H3,(H2,12,13)/b;6-5-,10-4-. The summed E-state index contributed by atoms with van der Waals surface area (Å²) in [6, 6.07) is 5.10. The quantitative estimate of drug-likeness (QED) is 0.266. The molecule has 2 aliphatic heterocycles. The molecule has 6 nitrogen and oxygen atoms in total. The Morgan fingerprint density at radius 3 is 2.47 bits per heavy atom. The third-order valence-corrected chi connectivity index (χ3v) is 4.61. The van der Waals surface area contributed by atoms with E-state index in [4.69, 9.17) is 19.9 Å². The highest BCUT2D eigenvalue weighted by atomic mass is 19.4. The second-order valence-corrected chi connectivity index (χ2v) is 7.50. The Labute approximate surface area is 187 Å². The van der Waals surface area contributed by atoms with Crippen LogP contribution in [0.25, 0.3) is 0 Å². The molecular weight excluding hydrogens is 423 g/mol. The Morgan fingerprint density at radius 2 is 1.97 bits per heavy atom. The van der Waals surface area contributed by atoms with Crippen LogP contribution in [0.2, 0.25) is 0 Å². The highest BCUT2D eigenvalue weighted by Crippen LogP contribution is 2.29. The molecule has 1 atom stereocenters. The maximum absolute atomic E-state index is 12.3. The first-order valence-electron chi connectivity index (χ1n) is 10.7. The van der Waals surface area contributed by atoms with Crippen LogP contribution in [-0.4, -0.2) is 44.3 Å². The molecule has 0 bridgehead atoms. The number of ether oxygens (including phenoxy) is 3. The molecule has 178 valence electrons. The summed E-state index contributed by atoms with van der Waals surface area (Å²) in [5.74, 6) is 1.37. The van der Waals surface area contributed by atoms with Crippen molar-refractivity contribution in [3.8, 4) is 0 Å². The van der Waals surface area contributed by atoms with Gasteiger partial charge in [0.05, 0.1) is 37.3 Å². The number of hydrogen-bond acceptors (Lipinski definition) is 5. The maximum Gasteiger partial charge on any atom is 0.416 e. The van der Waals surface area contributed by atoms with Gasteiger partial charge in [-0.25, -0.2) is 4.99 Å². The lowest BCUT2D eigenvalue weighted by Crippen LogP contribution is -2.35. The fourth-order valence-corrected chi connectivity index (χ4v) is 2.83. The minimum Gasteiger partial charge on any atom is -0.486 e. The first kappa shape index (κ1) is 25.9. The van der Waals surface area contributed by atoms with Gasteiger partial charge >= 0.3 is 6.18 Å². The SMILES string of the molecule is CC/C=C(/C=C\N=C(C)N)OC1COC1.FC(F)(F)c1ccc(COC2CCNC2)cc1. The van der Waals surface area contributed by atoms with Crippen molar-refractivity contribution < 1.29 is 27.4 Å². The summed E-state index contributed by atoms with van der Waals surface area (Å²) in [5, 5.41) is 3.16. The zero-order valence-corrected chi connectivity index (χ0v) is 18.5. The lowest BCUT2D eigenvalue weighted by atomic mass is 10.1. The molecule has 0 amide bonds. The van der Waals surface area contributed by atoms with Crippen LogP contribution in [0.5, 0.6) is 0 Å². The Kier molecular flexibility index (Phi) is 10.7. The highest BCUT2D eigenvalue weighted by Gasteiger charge is 2.30. The van der Waals surface area contributed by atoms with Gasteiger partial charge in [0.1, 0.15) is 11.9 Å². The van der Waals surface area contributed by atoms with Gasteiger partial charge in [0, 0.05) is 12.7 Å². The molecular formula is C23H32F3N3O3. The van der Waals surface area contributed by atoms with Crippen molar-refractivity contribution >= 4 is 5.84 Å². The first-order chi connectivity index (χ1) is 15.3. The smallest absolute Gasteiger partial charge is 0.416 e. The van der Waals surface area contributed by atoms with Gasteiger partial charge in [0.15, 0.2) is 0 Å². The van der Waals surface area contributed by atoms with Gasteiger partial charge in [-0.05, 0) is 56.2 Å². The molecule has 3 rings (SSSR count). The lowest BCUT2D eigenvalue weighted by molar-refractivity contribution is -0.137. The number of rotatable bonds is 8. The Morgan fingerprint density at radius 1 is 1.25 bits per heavy atom. The summed E-state index contributed by atoms with van der Waals surface area (Å²) in [5.41, 5.74) is 5.56. The fraction of sp³-hybridized carbons (Fsp3) is 0.522. The third kappa shape index (κ3) is 9.84. The number of hydrogen-bond donors (Lipinski definition) is 2. The molecule has 2 saturated heterocycles. The molecule has 0 spiro atoms. The number of aliphatic imine (C=N–C) groups is 1. The van der Waals surface area contributed by atoms with Gasteiger partial charge in [-0.15, -0.1) is 0 Å². The Bertz CT molecular complexity index is 763. The molecule has 0 aromatic heterocycles. The summed E-state index contributed by atoms with van der Waals surface area (Å²) < 4.78 is 53.2. The predicted octanol–water partition coefficient (Wildman–Crippen LogP) is 4.17. The normalized spacial score (nSPS) is 20.1. The maximum atomic E-state index is 12.3. The molecule has 2 heterocycles. The van der Waals surface area contributed by atoms with Crippen LogP contribution in [0, 0.1) is 0 Å². The highest BCUT2D eigenvalue weighted by molar-refractivity contribution is 5.77. The molecule has 2 fully saturated rings. The lowest BCUT2D eigenvalue weighted by Gasteiger charge is -2.27. The molecule has 1 aromatic rings. The van der Waals surface area contributed by atoms with Crippen molar-refractivity contribution in [2.75, 3.05) is 26.3 Å². The van der Waals surface area contributed by atoms with Gasteiger partial charge in [0.2, 0.25) is 0 Å². The number of amidine groups is 1. The number of halogens is 3.